The topological polar surface area (TPSA) is 278 Å². The maximum atomic E-state index is 12.8. The number of hydrogen-bond acceptors (Lipinski definition) is 8. The van der Waals surface area contributed by atoms with Crippen LogP contribution in [0.1, 0.15) is 38.5 Å². The molecule has 188 valence electrons. The number of rotatable bonds is 17. The number of guanidine groups is 1. The number of carbonyl (C=O) groups is 5. The predicted octanol–water partition coefficient (Wildman–Crippen LogP) is -3.86. The molecule has 0 aromatic heterocycles. The van der Waals surface area contributed by atoms with Gasteiger partial charge < -0.3 is 49.1 Å². The number of carboxylic acid groups (broad SMARTS) is 2. The average molecular weight is 475 g/mol. The van der Waals surface area contributed by atoms with Crippen LogP contribution in [0.25, 0.3) is 0 Å². The summed E-state index contributed by atoms with van der Waals surface area (Å²) in [6.07, 6.45) is 0.642. The highest BCUT2D eigenvalue weighted by Gasteiger charge is 2.30. The monoisotopic (exact) mass is 474 g/mol. The lowest BCUT2D eigenvalue weighted by molar-refractivity contribution is -0.143. The zero-order valence-electron chi connectivity index (χ0n) is 18.3. The van der Waals surface area contributed by atoms with Crippen LogP contribution in [-0.2, 0) is 24.0 Å². The number of hydrogen-bond donors (Lipinski definition) is 9. The second kappa shape index (κ2) is 16.2. The first-order valence-corrected chi connectivity index (χ1v) is 10.3. The Hall–Kier alpha value is -3.46. The molecule has 0 aliphatic rings. The molecular weight excluding hydrogens is 440 g/mol. The molecule has 0 saturated carbocycles. The second-order valence-corrected chi connectivity index (χ2v) is 7.12. The number of nitrogens with zero attached hydrogens (tertiary/aromatic N) is 1. The summed E-state index contributed by atoms with van der Waals surface area (Å²) < 4.78 is 0. The molecule has 15 nitrogen and oxygen atoms in total. The lowest BCUT2D eigenvalue weighted by Gasteiger charge is -2.24. The molecular formula is C18H34N8O7. The standard InChI is InChI=1S/C18H34N8O7/c19-6-2-1-4-11(17(32)33)26-15(30)10(5-3-7-23-18(21)22)25-16(31)12(8-14(28)29)24-13(27)9-20/h10-12H,1-9,19-20H2,(H,24,27)(H,25,31)(H,26,30)(H,28,29)(H,32,33)(H4,21,22,23). The second-order valence-electron chi connectivity index (χ2n) is 7.12. The van der Waals surface area contributed by atoms with E-state index in [4.69, 9.17) is 28.0 Å². The molecule has 0 spiro atoms. The van der Waals surface area contributed by atoms with Gasteiger partial charge in [0.15, 0.2) is 5.96 Å². The van der Waals surface area contributed by atoms with Crippen molar-refractivity contribution in [3.8, 4) is 0 Å². The molecule has 3 amide bonds. The van der Waals surface area contributed by atoms with Gasteiger partial charge in [0.25, 0.3) is 0 Å². The molecule has 0 radical (unpaired) electrons. The van der Waals surface area contributed by atoms with E-state index in [1.807, 2.05) is 0 Å². The van der Waals surface area contributed by atoms with Gasteiger partial charge in [0.05, 0.1) is 13.0 Å². The summed E-state index contributed by atoms with van der Waals surface area (Å²) in [5.74, 6) is -5.31. The first kappa shape index (κ1) is 29.5. The Balaban J connectivity index is 5.45. The van der Waals surface area contributed by atoms with Crippen molar-refractivity contribution in [2.24, 2.45) is 27.9 Å². The minimum absolute atomic E-state index is 0.00805. The highest BCUT2D eigenvalue weighted by Crippen LogP contribution is 2.05. The van der Waals surface area contributed by atoms with E-state index in [2.05, 4.69) is 20.9 Å². The van der Waals surface area contributed by atoms with E-state index in [1.165, 1.54) is 0 Å². The fraction of sp³-hybridized carbons (Fsp3) is 0.667. The van der Waals surface area contributed by atoms with E-state index >= 15 is 0 Å². The number of carbonyl (C=O) groups excluding carboxylic acids is 3. The highest BCUT2D eigenvalue weighted by atomic mass is 16.4. The summed E-state index contributed by atoms with van der Waals surface area (Å²) in [7, 11) is 0. The largest absolute Gasteiger partial charge is 0.481 e. The molecule has 0 aliphatic heterocycles. The lowest BCUT2D eigenvalue weighted by atomic mass is 10.1. The number of nitrogens with two attached hydrogens (primary N) is 4. The Kier molecular flexibility index (Phi) is 14.5. The summed E-state index contributed by atoms with van der Waals surface area (Å²) in [5.41, 5.74) is 21.1. The zero-order valence-corrected chi connectivity index (χ0v) is 18.3. The van der Waals surface area contributed by atoms with Gasteiger partial charge in [0, 0.05) is 6.54 Å². The van der Waals surface area contributed by atoms with Crippen molar-refractivity contribution in [2.45, 2.75) is 56.7 Å². The number of unbranched alkanes of at least 4 members (excludes halogenated alkanes) is 1. The van der Waals surface area contributed by atoms with Gasteiger partial charge in [-0.05, 0) is 38.6 Å². The van der Waals surface area contributed by atoms with E-state index in [0.717, 1.165) is 0 Å². The van der Waals surface area contributed by atoms with Crippen LogP contribution in [0.4, 0.5) is 0 Å². The van der Waals surface area contributed by atoms with Crippen LogP contribution >= 0.6 is 0 Å². The van der Waals surface area contributed by atoms with Crippen LogP contribution in [0.3, 0.4) is 0 Å². The van der Waals surface area contributed by atoms with Crippen LogP contribution in [0.15, 0.2) is 4.99 Å². The molecule has 0 aromatic rings. The van der Waals surface area contributed by atoms with Crippen LogP contribution < -0.4 is 38.9 Å². The number of carboxylic acids is 2. The fourth-order valence-electron chi connectivity index (χ4n) is 2.70. The molecule has 0 fully saturated rings. The smallest absolute Gasteiger partial charge is 0.326 e. The third-order valence-electron chi connectivity index (χ3n) is 4.36. The molecule has 0 aliphatic carbocycles. The van der Waals surface area contributed by atoms with Gasteiger partial charge in [0.1, 0.15) is 18.1 Å². The van der Waals surface area contributed by atoms with Crippen molar-refractivity contribution in [1.82, 2.24) is 16.0 Å². The number of aliphatic carboxylic acids is 2. The maximum absolute atomic E-state index is 12.8. The molecule has 0 saturated heterocycles. The number of nitrogens with one attached hydrogen (secondary N) is 3. The van der Waals surface area contributed by atoms with E-state index in [1.54, 1.807) is 0 Å². The maximum Gasteiger partial charge on any atom is 0.326 e. The Morgan fingerprint density at radius 1 is 0.788 bits per heavy atom. The molecule has 0 heterocycles. The van der Waals surface area contributed by atoms with Crippen LogP contribution in [0, 0.1) is 0 Å². The van der Waals surface area contributed by atoms with Crippen molar-refractivity contribution in [1.29, 1.82) is 0 Å². The molecule has 0 aromatic carbocycles. The molecule has 0 rings (SSSR count). The van der Waals surface area contributed by atoms with Gasteiger partial charge in [-0.2, -0.15) is 0 Å². The summed E-state index contributed by atoms with van der Waals surface area (Å²) >= 11 is 0. The molecule has 0 bridgehead atoms. The first-order valence-electron chi connectivity index (χ1n) is 10.3. The highest BCUT2D eigenvalue weighted by molar-refractivity contribution is 5.95. The molecule has 3 unspecified atom stereocenters. The minimum Gasteiger partial charge on any atom is -0.481 e. The zero-order chi connectivity index (χ0) is 25.4. The van der Waals surface area contributed by atoms with Crippen molar-refractivity contribution >= 4 is 35.6 Å². The predicted molar refractivity (Wildman–Crippen MR) is 118 cm³/mol. The van der Waals surface area contributed by atoms with Crippen LogP contribution in [0.2, 0.25) is 0 Å². The van der Waals surface area contributed by atoms with Gasteiger partial charge in [-0.3, -0.25) is 24.2 Å². The number of aliphatic imine (C=N–C) groups is 1. The third-order valence-corrected chi connectivity index (χ3v) is 4.36. The Morgan fingerprint density at radius 2 is 1.36 bits per heavy atom. The van der Waals surface area contributed by atoms with Gasteiger partial charge >= 0.3 is 11.9 Å². The summed E-state index contributed by atoms with van der Waals surface area (Å²) in [5, 5.41) is 25.3. The van der Waals surface area contributed by atoms with Crippen molar-refractivity contribution in [3.63, 3.8) is 0 Å². The van der Waals surface area contributed by atoms with E-state index in [9.17, 15) is 29.1 Å². The van der Waals surface area contributed by atoms with Gasteiger partial charge in [-0.25, -0.2) is 4.79 Å². The van der Waals surface area contributed by atoms with Crippen LogP contribution in [0.5, 0.6) is 0 Å². The van der Waals surface area contributed by atoms with E-state index in [-0.39, 0.29) is 31.8 Å². The molecule has 15 heteroatoms. The fourth-order valence-corrected chi connectivity index (χ4v) is 2.70. The Bertz CT molecular complexity index is 712. The Labute approximate surface area is 190 Å². The average Bonchev–Trinajstić information content (AvgIpc) is 2.73. The summed E-state index contributed by atoms with van der Waals surface area (Å²) in [6, 6.07) is -3.95. The van der Waals surface area contributed by atoms with E-state index in [0.29, 0.717) is 19.4 Å². The van der Waals surface area contributed by atoms with Gasteiger partial charge in [0.2, 0.25) is 17.7 Å². The number of amides is 3. The normalized spacial score (nSPS) is 13.2. The molecule has 13 N–H and O–H groups in total. The first-order chi connectivity index (χ1) is 15.5. The summed E-state index contributed by atoms with van der Waals surface area (Å²) in [4.78, 5) is 63.2. The van der Waals surface area contributed by atoms with Crippen molar-refractivity contribution in [2.75, 3.05) is 19.6 Å². The molecule has 3 atom stereocenters. The SMILES string of the molecule is NCCCCC(NC(=O)C(CCCN=C(N)N)NC(=O)C(CC(=O)O)NC(=O)CN)C(=O)O. The van der Waals surface area contributed by atoms with Gasteiger partial charge in [-0.15, -0.1) is 0 Å². The third kappa shape index (κ3) is 13.5. The quantitative estimate of drug-likeness (QED) is 0.0558. The van der Waals surface area contributed by atoms with Gasteiger partial charge in [-0.1, -0.05) is 0 Å². The minimum atomic E-state index is -1.49. The molecule has 33 heavy (non-hydrogen) atoms. The lowest BCUT2D eigenvalue weighted by Crippen LogP contribution is -2.56. The van der Waals surface area contributed by atoms with Crippen molar-refractivity contribution < 1.29 is 34.2 Å². The Morgan fingerprint density at radius 3 is 1.88 bits per heavy atom. The van der Waals surface area contributed by atoms with Crippen LogP contribution in [-0.4, -0.2) is 83.6 Å². The van der Waals surface area contributed by atoms with E-state index < -0.39 is 60.8 Å². The van der Waals surface area contributed by atoms with Crippen molar-refractivity contribution in [3.05, 3.63) is 0 Å². The summed E-state index contributed by atoms with van der Waals surface area (Å²) in [6.45, 7) is 0.0153.